The Labute approximate surface area is 81.8 Å². The lowest BCUT2D eigenvalue weighted by molar-refractivity contribution is 0.173. The predicted octanol–water partition coefficient (Wildman–Crippen LogP) is 0.897. The molecule has 0 atom stereocenters. The first-order valence-corrected chi connectivity index (χ1v) is 4.69. The van der Waals surface area contributed by atoms with Crippen LogP contribution in [0.25, 0.3) is 0 Å². The summed E-state index contributed by atoms with van der Waals surface area (Å²) in [5.74, 6) is 2.50. The van der Waals surface area contributed by atoms with Gasteiger partial charge < -0.3 is 19.5 Å². The summed E-state index contributed by atoms with van der Waals surface area (Å²) in [5.41, 5.74) is 1.13. The number of fused-ring (bicyclic) bond motifs is 2. The molecule has 1 N–H and O–H groups in total. The molecule has 4 heteroatoms. The molecule has 0 unspecified atom stereocenters. The Morgan fingerprint density at radius 2 is 1.86 bits per heavy atom. The van der Waals surface area contributed by atoms with Gasteiger partial charge in [0.05, 0.1) is 0 Å². The van der Waals surface area contributed by atoms with Crippen molar-refractivity contribution in [2.24, 2.45) is 0 Å². The highest BCUT2D eigenvalue weighted by atomic mass is 16.7. The van der Waals surface area contributed by atoms with E-state index in [0.29, 0.717) is 13.4 Å². The maximum absolute atomic E-state index is 5.58. The largest absolute Gasteiger partial charge is 0.492 e. The smallest absolute Gasteiger partial charge is 0.231 e. The van der Waals surface area contributed by atoms with Crippen molar-refractivity contribution in [1.29, 1.82) is 0 Å². The molecule has 0 spiro atoms. The standard InChI is InChI=1S/C10H11NO3/c1-2-12-8-4-10-9(13-6-14-10)3-7(8)5-11-1/h3-4,11H,1-2,5-6H2. The van der Waals surface area contributed by atoms with Crippen LogP contribution < -0.4 is 19.5 Å². The Bertz CT molecular complexity index is 332. The van der Waals surface area contributed by atoms with Crippen LogP contribution in [0, 0.1) is 0 Å². The summed E-state index contributed by atoms with van der Waals surface area (Å²) in [5, 5.41) is 3.27. The van der Waals surface area contributed by atoms with E-state index in [1.54, 1.807) is 0 Å². The molecule has 0 aliphatic carbocycles. The van der Waals surface area contributed by atoms with E-state index in [1.165, 1.54) is 0 Å². The average molecular weight is 193 g/mol. The zero-order chi connectivity index (χ0) is 9.38. The lowest BCUT2D eigenvalue weighted by Crippen LogP contribution is -2.16. The van der Waals surface area contributed by atoms with Gasteiger partial charge in [0.15, 0.2) is 11.5 Å². The number of hydrogen-bond acceptors (Lipinski definition) is 4. The summed E-state index contributed by atoms with van der Waals surface area (Å²) in [4.78, 5) is 0. The van der Waals surface area contributed by atoms with Crippen LogP contribution >= 0.6 is 0 Å². The third-order valence-electron chi connectivity index (χ3n) is 2.41. The molecule has 3 rings (SSSR count). The fraction of sp³-hybridized carbons (Fsp3) is 0.400. The summed E-state index contributed by atoms with van der Waals surface area (Å²) in [6.45, 7) is 2.71. The molecule has 0 saturated heterocycles. The van der Waals surface area contributed by atoms with Gasteiger partial charge in [-0.05, 0) is 6.07 Å². The van der Waals surface area contributed by atoms with Gasteiger partial charge >= 0.3 is 0 Å². The lowest BCUT2D eigenvalue weighted by atomic mass is 10.2. The highest BCUT2D eigenvalue weighted by Gasteiger charge is 2.18. The van der Waals surface area contributed by atoms with Crippen LogP contribution in [0.1, 0.15) is 5.56 Å². The lowest BCUT2D eigenvalue weighted by Gasteiger charge is -2.07. The topological polar surface area (TPSA) is 39.7 Å². The van der Waals surface area contributed by atoms with Crippen molar-refractivity contribution in [2.75, 3.05) is 19.9 Å². The first-order valence-electron chi connectivity index (χ1n) is 4.69. The molecular weight excluding hydrogens is 182 g/mol. The Hall–Kier alpha value is -1.42. The second kappa shape index (κ2) is 3.06. The molecule has 0 radical (unpaired) electrons. The highest BCUT2D eigenvalue weighted by Crippen LogP contribution is 2.38. The molecule has 0 aromatic heterocycles. The molecule has 0 fully saturated rings. The normalized spacial score (nSPS) is 18.3. The molecule has 1 aromatic carbocycles. The van der Waals surface area contributed by atoms with Crippen LogP contribution in [0.2, 0.25) is 0 Å². The summed E-state index contributed by atoms with van der Waals surface area (Å²) >= 11 is 0. The zero-order valence-corrected chi connectivity index (χ0v) is 7.71. The minimum absolute atomic E-state index is 0.311. The van der Waals surface area contributed by atoms with Gasteiger partial charge in [-0.15, -0.1) is 0 Å². The maximum atomic E-state index is 5.58. The Balaban J connectivity index is 2.06. The van der Waals surface area contributed by atoms with Crippen molar-refractivity contribution in [3.63, 3.8) is 0 Å². The fourth-order valence-electron chi connectivity index (χ4n) is 1.69. The van der Waals surface area contributed by atoms with E-state index >= 15 is 0 Å². The maximum Gasteiger partial charge on any atom is 0.231 e. The van der Waals surface area contributed by atoms with Gasteiger partial charge in [0.2, 0.25) is 6.79 Å². The quantitative estimate of drug-likeness (QED) is 0.664. The van der Waals surface area contributed by atoms with Gasteiger partial charge in [0.25, 0.3) is 0 Å². The van der Waals surface area contributed by atoms with Crippen LogP contribution in [-0.4, -0.2) is 19.9 Å². The molecule has 2 aliphatic heterocycles. The second-order valence-corrected chi connectivity index (χ2v) is 3.34. The molecule has 0 saturated carbocycles. The van der Waals surface area contributed by atoms with Crippen molar-refractivity contribution in [3.8, 4) is 17.2 Å². The number of benzene rings is 1. The monoisotopic (exact) mass is 193 g/mol. The summed E-state index contributed by atoms with van der Waals surface area (Å²) in [7, 11) is 0. The van der Waals surface area contributed by atoms with Gasteiger partial charge in [0.1, 0.15) is 12.4 Å². The minimum atomic E-state index is 0.311. The van der Waals surface area contributed by atoms with Gasteiger partial charge in [-0.25, -0.2) is 0 Å². The molecular formula is C10H11NO3. The van der Waals surface area contributed by atoms with Gasteiger partial charge in [-0.1, -0.05) is 0 Å². The third-order valence-corrected chi connectivity index (χ3v) is 2.41. The SMILES string of the molecule is c1c2c(cc3c1OCO3)OCCNC2. The molecule has 2 aliphatic rings. The van der Waals surface area contributed by atoms with E-state index in [9.17, 15) is 0 Å². The van der Waals surface area contributed by atoms with Crippen molar-refractivity contribution in [1.82, 2.24) is 5.32 Å². The molecule has 14 heavy (non-hydrogen) atoms. The van der Waals surface area contributed by atoms with Crippen molar-refractivity contribution < 1.29 is 14.2 Å². The molecule has 0 amide bonds. The van der Waals surface area contributed by atoms with E-state index in [2.05, 4.69) is 5.32 Å². The minimum Gasteiger partial charge on any atom is -0.492 e. The van der Waals surface area contributed by atoms with Crippen LogP contribution in [0.4, 0.5) is 0 Å². The highest BCUT2D eigenvalue weighted by molar-refractivity contribution is 5.52. The van der Waals surface area contributed by atoms with Crippen molar-refractivity contribution in [3.05, 3.63) is 17.7 Å². The zero-order valence-electron chi connectivity index (χ0n) is 7.71. The molecule has 2 heterocycles. The Kier molecular flexibility index (Phi) is 1.73. The Morgan fingerprint density at radius 3 is 2.79 bits per heavy atom. The first kappa shape index (κ1) is 7.94. The number of nitrogens with one attached hydrogen (secondary N) is 1. The van der Waals surface area contributed by atoms with Crippen LogP contribution in [0.15, 0.2) is 12.1 Å². The number of hydrogen-bond donors (Lipinski definition) is 1. The van der Waals surface area contributed by atoms with E-state index in [0.717, 1.165) is 35.9 Å². The van der Waals surface area contributed by atoms with Crippen molar-refractivity contribution in [2.45, 2.75) is 6.54 Å². The van der Waals surface area contributed by atoms with E-state index in [1.807, 2.05) is 12.1 Å². The number of rotatable bonds is 0. The second-order valence-electron chi connectivity index (χ2n) is 3.34. The van der Waals surface area contributed by atoms with Crippen molar-refractivity contribution >= 4 is 0 Å². The summed E-state index contributed by atoms with van der Waals surface area (Å²) in [6.07, 6.45) is 0. The van der Waals surface area contributed by atoms with Gasteiger partial charge in [-0.3, -0.25) is 0 Å². The number of ether oxygens (including phenoxy) is 3. The van der Waals surface area contributed by atoms with Crippen LogP contribution in [0.3, 0.4) is 0 Å². The molecule has 1 aromatic rings. The molecule has 0 bridgehead atoms. The third kappa shape index (κ3) is 1.19. The Morgan fingerprint density at radius 1 is 1.00 bits per heavy atom. The molecule has 74 valence electrons. The van der Waals surface area contributed by atoms with E-state index in [4.69, 9.17) is 14.2 Å². The summed E-state index contributed by atoms with van der Waals surface area (Å²) < 4.78 is 16.2. The van der Waals surface area contributed by atoms with Crippen LogP contribution in [0.5, 0.6) is 17.2 Å². The van der Waals surface area contributed by atoms with Gasteiger partial charge in [0, 0.05) is 24.7 Å². The van der Waals surface area contributed by atoms with E-state index in [-0.39, 0.29) is 0 Å². The van der Waals surface area contributed by atoms with E-state index < -0.39 is 0 Å². The first-order chi connectivity index (χ1) is 6.93. The van der Waals surface area contributed by atoms with Crippen LogP contribution in [-0.2, 0) is 6.54 Å². The predicted molar refractivity (Wildman–Crippen MR) is 49.8 cm³/mol. The molecule has 4 nitrogen and oxygen atoms in total. The summed E-state index contributed by atoms with van der Waals surface area (Å²) in [6, 6.07) is 3.89. The van der Waals surface area contributed by atoms with Gasteiger partial charge in [-0.2, -0.15) is 0 Å². The average Bonchev–Trinajstić information content (AvgIpc) is 2.51. The fourth-order valence-corrected chi connectivity index (χ4v) is 1.69.